The standard InChI is InChI=1S/C14H17N3O3S/c1-4-21(3,20)16-14(19)12-9-13(18)17(15-12)11-7-5-10(2)6-8-11/h5-9,15H,4H2,1-3H3. The molecule has 0 aliphatic carbocycles. The van der Waals surface area contributed by atoms with Gasteiger partial charge in [-0.1, -0.05) is 24.6 Å². The van der Waals surface area contributed by atoms with E-state index in [4.69, 9.17) is 0 Å². The highest BCUT2D eigenvalue weighted by atomic mass is 32.2. The molecule has 0 radical (unpaired) electrons. The highest BCUT2D eigenvalue weighted by Gasteiger charge is 2.13. The molecule has 1 unspecified atom stereocenters. The largest absolute Gasteiger partial charge is 0.303 e. The number of aryl methyl sites for hydroxylation is 1. The van der Waals surface area contributed by atoms with Crippen LogP contribution < -0.4 is 5.56 Å². The monoisotopic (exact) mass is 307 g/mol. The molecule has 2 aromatic rings. The molecule has 112 valence electrons. The van der Waals surface area contributed by atoms with Gasteiger partial charge in [-0.05, 0) is 19.1 Å². The van der Waals surface area contributed by atoms with Crippen LogP contribution in [0.5, 0.6) is 0 Å². The van der Waals surface area contributed by atoms with Gasteiger partial charge in [-0.25, -0.2) is 8.89 Å². The number of nitrogens with one attached hydrogen (secondary N) is 1. The molecule has 1 aromatic heterocycles. The van der Waals surface area contributed by atoms with Gasteiger partial charge in [0.05, 0.1) is 15.4 Å². The number of amides is 1. The van der Waals surface area contributed by atoms with Crippen molar-refractivity contribution in [1.82, 2.24) is 9.78 Å². The first-order chi connectivity index (χ1) is 9.82. The Kier molecular flexibility index (Phi) is 4.13. The summed E-state index contributed by atoms with van der Waals surface area (Å²) in [6, 6.07) is 8.44. The Balaban J connectivity index is 2.43. The lowest BCUT2D eigenvalue weighted by atomic mass is 10.2. The van der Waals surface area contributed by atoms with Crippen LogP contribution in [0.1, 0.15) is 23.0 Å². The molecule has 1 aromatic carbocycles. The second kappa shape index (κ2) is 5.69. The molecule has 0 aliphatic heterocycles. The minimum atomic E-state index is -2.55. The van der Waals surface area contributed by atoms with E-state index in [9.17, 15) is 13.8 Å². The molecule has 21 heavy (non-hydrogen) atoms. The van der Waals surface area contributed by atoms with Gasteiger partial charge in [-0.2, -0.15) is 4.36 Å². The lowest BCUT2D eigenvalue weighted by molar-refractivity contribution is 0.1000. The van der Waals surface area contributed by atoms with Crippen LogP contribution in [0.2, 0.25) is 0 Å². The summed E-state index contributed by atoms with van der Waals surface area (Å²) in [5.41, 5.74) is 1.36. The fraction of sp³-hybridized carbons (Fsp3) is 0.286. The summed E-state index contributed by atoms with van der Waals surface area (Å²) in [6.45, 7) is 3.64. The predicted octanol–water partition coefficient (Wildman–Crippen LogP) is 1.73. The fourth-order valence-electron chi connectivity index (χ4n) is 1.68. The summed E-state index contributed by atoms with van der Waals surface area (Å²) in [5.74, 6) is -0.394. The van der Waals surface area contributed by atoms with Crippen molar-refractivity contribution >= 4 is 15.6 Å². The van der Waals surface area contributed by atoms with E-state index >= 15 is 0 Å². The van der Waals surface area contributed by atoms with Gasteiger partial charge >= 0.3 is 5.91 Å². The Bertz CT molecular complexity index is 837. The molecule has 7 heteroatoms. The Labute approximate surface area is 123 Å². The third-order valence-electron chi connectivity index (χ3n) is 3.05. The average molecular weight is 307 g/mol. The van der Waals surface area contributed by atoms with E-state index in [-0.39, 0.29) is 17.0 Å². The van der Waals surface area contributed by atoms with Crippen molar-refractivity contribution in [2.75, 3.05) is 12.0 Å². The molecular weight excluding hydrogens is 290 g/mol. The zero-order valence-electron chi connectivity index (χ0n) is 12.1. The molecule has 2 rings (SSSR count). The molecule has 0 aliphatic rings. The van der Waals surface area contributed by atoms with E-state index in [1.807, 2.05) is 19.1 Å². The van der Waals surface area contributed by atoms with Crippen molar-refractivity contribution < 1.29 is 9.00 Å². The van der Waals surface area contributed by atoms with Gasteiger partial charge < -0.3 is 0 Å². The van der Waals surface area contributed by atoms with Crippen LogP contribution in [0.4, 0.5) is 0 Å². The Morgan fingerprint density at radius 3 is 2.52 bits per heavy atom. The average Bonchev–Trinajstić information content (AvgIpc) is 2.81. The number of carbonyl (C=O) groups excluding carboxylic acids is 1. The summed E-state index contributed by atoms with van der Waals surface area (Å²) >= 11 is 0. The molecule has 1 N–H and O–H groups in total. The number of H-pyrrole nitrogens is 1. The van der Waals surface area contributed by atoms with Crippen molar-refractivity contribution in [2.24, 2.45) is 4.36 Å². The van der Waals surface area contributed by atoms with Crippen molar-refractivity contribution in [2.45, 2.75) is 13.8 Å². The molecular formula is C14H17N3O3S. The predicted molar refractivity (Wildman–Crippen MR) is 82.5 cm³/mol. The summed E-state index contributed by atoms with van der Waals surface area (Å²) in [6.07, 6.45) is 1.42. The third-order valence-corrected chi connectivity index (χ3v) is 4.68. The van der Waals surface area contributed by atoms with E-state index < -0.39 is 15.6 Å². The lowest BCUT2D eigenvalue weighted by Gasteiger charge is -2.02. The number of aromatic amines is 1. The first-order valence-corrected chi connectivity index (χ1v) is 8.55. The number of nitrogens with zero attached hydrogens (tertiary/aromatic N) is 2. The first kappa shape index (κ1) is 15.2. The van der Waals surface area contributed by atoms with E-state index in [2.05, 4.69) is 9.46 Å². The molecule has 0 fully saturated rings. The van der Waals surface area contributed by atoms with Crippen LogP contribution in [0.15, 0.2) is 39.5 Å². The molecule has 0 saturated heterocycles. The normalized spacial score (nSPS) is 13.7. The topological polar surface area (TPSA) is 84.3 Å². The highest BCUT2D eigenvalue weighted by Crippen LogP contribution is 2.07. The lowest BCUT2D eigenvalue weighted by Crippen LogP contribution is -2.13. The van der Waals surface area contributed by atoms with Gasteiger partial charge in [-0.3, -0.25) is 14.7 Å². The van der Waals surface area contributed by atoms with E-state index in [1.165, 1.54) is 10.9 Å². The minimum absolute atomic E-state index is 0.0311. The first-order valence-electron chi connectivity index (χ1n) is 6.45. The van der Waals surface area contributed by atoms with Crippen LogP contribution in [0, 0.1) is 6.92 Å². The minimum Gasteiger partial charge on any atom is -0.285 e. The van der Waals surface area contributed by atoms with Crippen LogP contribution in [0.3, 0.4) is 0 Å². The fourth-order valence-corrected chi connectivity index (χ4v) is 2.26. The summed E-state index contributed by atoms with van der Waals surface area (Å²) in [5, 5.41) is 2.70. The second-order valence-electron chi connectivity index (χ2n) is 4.82. The summed E-state index contributed by atoms with van der Waals surface area (Å²) in [4.78, 5) is 23.9. The maximum atomic E-state index is 11.9. The molecule has 6 nitrogen and oxygen atoms in total. The van der Waals surface area contributed by atoms with Crippen LogP contribution in [0.25, 0.3) is 5.69 Å². The molecule has 1 atom stereocenters. The van der Waals surface area contributed by atoms with Gasteiger partial charge in [-0.15, -0.1) is 0 Å². The van der Waals surface area contributed by atoms with Crippen LogP contribution in [-0.2, 0) is 9.73 Å². The Morgan fingerprint density at radius 2 is 1.95 bits per heavy atom. The number of hydrogen-bond acceptors (Lipinski definition) is 3. The van der Waals surface area contributed by atoms with Gasteiger partial charge in [0.2, 0.25) is 0 Å². The number of benzene rings is 1. The number of aromatic nitrogens is 2. The van der Waals surface area contributed by atoms with Gasteiger partial charge in [0.15, 0.2) is 0 Å². The van der Waals surface area contributed by atoms with Crippen LogP contribution in [-0.4, -0.2) is 31.9 Å². The number of hydrogen-bond donors (Lipinski definition) is 1. The molecule has 0 saturated carbocycles. The van der Waals surface area contributed by atoms with Crippen LogP contribution >= 0.6 is 0 Å². The van der Waals surface area contributed by atoms with Gasteiger partial charge in [0.25, 0.3) is 5.56 Å². The Morgan fingerprint density at radius 1 is 1.33 bits per heavy atom. The molecule has 0 spiro atoms. The molecule has 1 amide bonds. The zero-order valence-corrected chi connectivity index (χ0v) is 12.9. The zero-order chi connectivity index (χ0) is 15.6. The van der Waals surface area contributed by atoms with E-state index in [1.54, 1.807) is 19.1 Å². The molecule has 1 heterocycles. The van der Waals surface area contributed by atoms with Gasteiger partial charge in [0, 0.05) is 18.1 Å². The highest BCUT2D eigenvalue weighted by molar-refractivity contribution is 7.93. The third kappa shape index (κ3) is 3.49. The maximum absolute atomic E-state index is 11.9. The quantitative estimate of drug-likeness (QED) is 0.937. The van der Waals surface area contributed by atoms with Gasteiger partial charge in [0.1, 0.15) is 5.69 Å². The maximum Gasteiger partial charge on any atom is 0.303 e. The molecule has 0 bridgehead atoms. The summed E-state index contributed by atoms with van der Waals surface area (Å²) in [7, 11) is -2.55. The van der Waals surface area contributed by atoms with E-state index in [0.717, 1.165) is 11.6 Å². The second-order valence-corrected chi connectivity index (χ2v) is 7.50. The van der Waals surface area contributed by atoms with Crippen molar-refractivity contribution in [1.29, 1.82) is 0 Å². The van der Waals surface area contributed by atoms with Crippen molar-refractivity contribution in [3.8, 4) is 5.69 Å². The van der Waals surface area contributed by atoms with Crippen molar-refractivity contribution in [3.05, 3.63) is 51.9 Å². The van der Waals surface area contributed by atoms with E-state index in [0.29, 0.717) is 5.69 Å². The summed E-state index contributed by atoms with van der Waals surface area (Å²) < 4.78 is 16.8. The SMILES string of the molecule is CCS(C)(=O)=NC(=O)c1cc(=O)n(-c2ccc(C)cc2)[nH]1. The number of carbonyl (C=O) groups is 1. The smallest absolute Gasteiger partial charge is 0.285 e. The number of rotatable bonds is 3. The van der Waals surface area contributed by atoms with Crippen molar-refractivity contribution in [3.63, 3.8) is 0 Å². The Hall–Kier alpha value is -2.15.